The molecule has 5 rings (SSSR count). The number of hydrogen-bond acceptors (Lipinski definition) is 16. The van der Waals surface area contributed by atoms with E-state index in [1.165, 1.54) is 25.2 Å². The number of rotatable bonds is 9. The Morgan fingerprint density at radius 1 is 0.848 bits per heavy atom. The minimum absolute atomic E-state index is 0.303. The first-order chi connectivity index (χ1) is 21.8. The summed E-state index contributed by atoms with van der Waals surface area (Å²) >= 11 is 0. The highest BCUT2D eigenvalue weighted by molar-refractivity contribution is 5.87. The second kappa shape index (κ2) is 13.9. The summed E-state index contributed by atoms with van der Waals surface area (Å²) in [7, 11) is 0. The third-order valence-electron chi connectivity index (χ3n) is 8.91. The number of fused-ring (bicyclic) bond motifs is 1. The number of carbonyl (C=O) groups is 1. The van der Waals surface area contributed by atoms with E-state index in [2.05, 4.69) is 0 Å². The minimum atomic E-state index is -1.97. The first kappa shape index (κ1) is 34.8. The molecule has 0 spiro atoms. The number of carbonyl (C=O) groups excluding carboxylic acids is 1. The Bertz CT molecular complexity index is 1240. The van der Waals surface area contributed by atoms with Gasteiger partial charge in [0.15, 0.2) is 12.6 Å². The lowest BCUT2D eigenvalue weighted by Crippen LogP contribution is -2.65. The average Bonchev–Trinajstić information content (AvgIpc) is 3.26. The van der Waals surface area contributed by atoms with Crippen LogP contribution in [0.25, 0.3) is 6.08 Å². The normalized spacial score (nSPS) is 45.7. The largest absolute Gasteiger partial charge is 0.472 e. The molecule has 1 aromatic rings. The van der Waals surface area contributed by atoms with Gasteiger partial charge in [-0.25, -0.2) is 4.79 Å². The maximum absolute atomic E-state index is 13.1. The second-order valence-corrected chi connectivity index (χ2v) is 12.0. The van der Waals surface area contributed by atoms with Crippen LogP contribution in [-0.4, -0.2) is 150 Å². The number of ether oxygens (including phenoxy) is 6. The van der Waals surface area contributed by atoms with Gasteiger partial charge < -0.3 is 74.4 Å². The van der Waals surface area contributed by atoms with Crippen molar-refractivity contribution < 1.29 is 79.2 Å². The van der Waals surface area contributed by atoms with Crippen LogP contribution in [0.5, 0.6) is 0 Å². The Hall–Kier alpha value is -2.55. The van der Waals surface area contributed by atoms with Crippen LogP contribution in [0.4, 0.5) is 0 Å². The van der Waals surface area contributed by atoms with Crippen LogP contribution in [-0.2, 0) is 33.2 Å². The zero-order chi connectivity index (χ0) is 33.4. The zero-order valence-corrected chi connectivity index (χ0v) is 24.7. The summed E-state index contributed by atoms with van der Waals surface area (Å²) in [6.45, 7) is -0.0417. The highest BCUT2D eigenvalue weighted by Gasteiger charge is 2.69. The van der Waals surface area contributed by atoms with E-state index in [0.29, 0.717) is 5.56 Å². The molecule has 0 bridgehead atoms. The van der Waals surface area contributed by atoms with E-state index < -0.39 is 110 Å². The topological polar surface area (TPSA) is 255 Å². The quantitative estimate of drug-likeness (QED) is 0.0928. The number of aliphatic hydroxyl groups excluding tert-OH is 9. The van der Waals surface area contributed by atoms with Crippen molar-refractivity contribution in [2.24, 2.45) is 5.92 Å². The lowest BCUT2D eigenvalue weighted by atomic mass is 9.80. The molecule has 256 valence electrons. The predicted octanol–water partition coefficient (Wildman–Crippen LogP) is -3.38. The molecule has 16 heteroatoms. The molecule has 3 fully saturated rings. The lowest BCUT2D eigenvalue weighted by Gasteiger charge is -2.49. The van der Waals surface area contributed by atoms with Crippen LogP contribution in [0, 0.1) is 5.92 Å². The summed E-state index contributed by atoms with van der Waals surface area (Å²) in [5.41, 5.74) is -2.96. The fourth-order valence-corrected chi connectivity index (χ4v) is 6.45. The zero-order valence-electron chi connectivity index (χ0n) is 24.7. The van der Waals surface area contributed by atoms with E-state index in [4.69, 9.17) is 28.4 Å². The van der Waals surface area contributed by atoms with Crippen molar-refractivity contribution in [1.82, 2.24) is 0 Å². The number of aliphatic hydroxyl groups is 9. The summed E-state index contributed by atoms with van der Waals surface area (Å²) < 4.78 is 34.7. The van der Waals surface area contributed by atoms with Crippen LogP contribution in [0.1, 0.15) is 18.9 Å². The Morgan fingerprint density at radius 3 is 2.04 bits per heavy atom. The SMILES string of the molecule is CC1(OC(=O)C=Cc2ccccc2)CC(O)C2(OC3OC(CO)C(O)C(O)C3O)C=COC(OC3OC(CO)C(O)C(O)C3O)C12. The van der Waals surface area contributed by atoms with Crippen molar-refractivity contribution in [2.45, 2.75) is 98.4 Å². The summed E-state index contributed by atoms with van der Waals surface area (Å²) in [5.74, 6) is -2.18. The molecular weight excluding hydrogens is 616 g/mol. The summed E-state index contributed by atoms with van der Waals surface area (Å²) in [5, 5.41) is 93.4. The molecule has 0 amide bonds. The average molecular weight is 657 g/mol. The van der Waals surface area contributed by atoms with Gasteiger partial charge in [0.25, 0.3) is 0 Å². The van der Waals surface area contributed by atoms with Gasteiger partial charge in [0, 0.05) is 12.5 Å². The highest BCUT2D eigenvalue weighted by Crippen LogP contribution is 2.54. The van der Waals surface area contributed by atoms with Gasteiger partial charge in [-0.15, -0.1) is 0 Å². The van der Waals surface area contributed by atoms with E-state index in [1.54, 1.807) is 30.3 Å². The van der Waals surface area contributed by atoms with Gasteiger partial charge >= 0.3 is 5.97 Å². The molecule has 1 aliphatic carbocycles. The Kier molecular flexibility index (Phi) is 10.5. The van der Waals surface area contributed by atoms with Gasteiger partial charge in [0.2, 0.25) is 6.29 Å². The number of benzene rings is 1. The third-order valence-corrected chi connectivity index (χ3v) is 8.91. The Morgan fingerprint density at radius 2 is 1.43 bits per heavy atom. The van der Waals surface area contributed by atoms with E-state index in [9.17, 15) is 50.8 Å². The first-order valence-corrected chi connectivity index (χ1v) is 14.8. The standard InChI is InChI=1S/C30H40O16/c1-29(45-18(34)8-7-14-5-3-2-4-6-14)11-17(33)30(46-27-24(40)22(38)20(36)16(13-32)43-27)9-10-41-28(25(29)30)44-26-23(39)21(37)19(35)15(12-31)42-26/h2-10,15-17,19-28,31-33,35-40H,11-13H2,1H3. The van der Waals surface area contributed by atoms with Gasteiger partial charge in [0.1, 0.15) is 60.0 Å². The molecule has 0 radical (unpaired) electrons. The summed E-state index contributed by atoms with van der Waals surface area (Å²) in [4.78, 5) is 13.1. The van der Waals surface area contributed by atoms with Crippen molar-refractivity contribution in [3.8, 4) is 0 Å². The second-order valence-electron chi connectivity index (χ2n) is 12.0. The van der Waals surface area contributed by atoms with E-state index in [0.717, 1.165) is 6.26 Å². The van der Waals surface area contributed by atoms with Crippen molar-refractivity contribution in [3.63, 3.8) is 0 Å². The van der Waals surface area contributed by atoms with E-state index in [1.807, 2.05) is 0 Å². The fraction of sp³-hybridized carbons (Fsp3) is 0.633. The Balaban J connectivity index is 1.48. The molecule has 15 unspecified atom stereocenters. The molecule has 46 heavy (non-hydrogen) atoms. The maximum Gasteiger partial charge on any atom is 0.331 e. The van der Waals surface area contributed by atoms with Gasteiger partial charge in [-0.1, -0.05) is 30.3 Å². The highest BCUT2D eigenvalue weighted by atomic mass is 16.8. The first-order valence-electron chi connectivity index (χ1n) is 14.8. The van der Waals surface area contributed by atoms with Gasteiger partial charge in [0.05, 0.1) is 31.5 Å². The molecule has 3 heterocycles. The molecule has 1 aromatic carbocycles. The van der Waals surface area contributed by atoms with Gasteiger partial charge in [-0.05, 0) is 24.6 Å². The van der Waals surface area contributed by atoms with Crippen molar-refractivity contribution in [3.05, 3.63) is 54.3 Å². The van der Waals surface area contributed by atoms with Crippen LogP contribution < -0.4 is 0 Å². The van der Waals surface area contributed by atoms with Crippen molar-refractivity contribution >= 4 is 12.0 Å². The molecule has 15 atom stereocenters. The smallest absolute Gasteiger partial charge is 0.331 e. The van der Waals surface area contributed by atoms with Crippen molar-refractivity contribution in [1.29, 1.82) is 0 Å². The van der Waals surface area contributed by atoms with Crippen LogP contribution in [0.15, 0.2) is 48.7 Å². The minimum Gasteiger partial charge on any atom is -0.472 e. The van der Waals surface area contributed by atoms with E-state index >= 15 is 0 Å². The number of esters is 1. The summed E-state index contributed by atoms with van der Waals surface area (Å²) in [6.07, 6.45) is -15.3. The third kappa shape index (κ3) is 6.46. The van der Waals surface area contributed by atoms with E-state index in [-0.39, 0.29) is 6.42 Å². The van der Waals surface area contributed by atoms with Gasteiger partial charge in [-0.3, -0.25) is 0 Å². The molecular formula is C30H40O16. The molecule has 1 saturated carbocycles. The van der Waals surface area contributed by atoms with Crippen LogP contribution >= 0.6 is 0 Å². The Labute approximate surface area is 263 Å². The predicted molar refractivity (Wildman–Crippen MR) is 151 cm³/mol. The molecule has 16 nitrogen and oxygen atoms in total. The van der Waals surface area contributed by atoms with Gasteiger partial charge in [-0.2, -0.15) is 0 Å². The fourth-order valence-electron chi connectivity index (χ4n) is 6.45. The monoisotopic (exact) mass is 656 g/mol. The van der Waals surface area contributed by atoms with Crippen LogP contribution in [0.3, 0.4) is 0 Å². The number of hydrogen-bond donors (Lipinski definition) is 9. The lowest BCUT2D eigenvalue weighted by molar-refractivity contribution is -0.370. The molecule has 9 N–H and O–H groups in total. The summed E-state index contributed by atoms with van der Waals surface area (Å²) in [6, 6.07) is 8.87. The molecule has 4 aliphatic rings. The molecule has 0 aromatic heterocycles. The van der Waals surface area contributed by atoms with Crippen LogP contribution in [0.2, 0.25) is 0 Å². The maximum atomic E-state index is 13.1. The molecule has 2 saturated heterocycles. The molecule has 3 aliphatic heterocycles. The van der Waals surface area contributed by atoms with Crippen molar-refractivity contribution in [2.75, 3.05) is 13.2 Å².